The minimum absolute atomic E-state index is 1.03. The van der Waals surface area contributed by atoms with Gasteiger partial charge in [-0.25, -0.2) is 0 Å². The summed E-state index contributed by atoms with van der Waals surface area (Å²) in [6.07, 6.45) is 3.97. The van der Waals surface area contributed by atoms with Crippen LogP contribution in [0.5, 0.6) is 0 Å². The fourth-order valence-electron chi connectivity index (χ4n) is 0.882. The molecule has 68 valence electrons. The van der Waals surface area contributed by atoms with Gasteiger partial charge < -0.3 is 5.32 Å². The topological polar surface area (TPSA) is 15.3 Å². The van der Waals surface area contributed by atoms with Gasteiger partial charge in [-0.2, -0.15) is 0 Å². The predicted molar refractivity (Wildman–Crippen MR) is 50.7 cm³/mol. The Balaban J connectivity index is 2.89. The molecule has 0 aliphatic rings. The van der Waals surface area contributed by atoms with Crippen molar-refractivity contribution < 1.29 is 0 Å². The minimum atomic E-state index is 1.03. The largest absolute Gasteiger partial charge is 0.304 e. The Kier molecular flexibility index (Phi) is 7.96. The SMILES string of the molecule is CCCCCNCN(C)CC. The molecule has 0 bridgehead atoms. The quantitative estimate of drug-likeness (QED) is 0.448. The lowest BCUT2D eigenvalue weighted by molar-refractivity contribution is 0.321. The molecule has 2 nitrogen and oxygen atoms in total. The molecule has 11 heavy (non-hydrogen) atoms. The van der Waals surface area contributed by atoms with Crippen LogP contribution in [0.3, 0.4) is 0 Å². The molecule has 0 atom stereocenters. The summed E-state index contributed by atoms with van der Waals surface area (Å²) < 4.78 is 0. The van der Waals surface area contributed by atoms with Gasteiger partial charge in [0.15, 0.2) is 0 Å². The molecule has 0 amide bonds. The van der Waals surface area contributed by atoms with Gasteiger partial charge in [0.25, 0.3) is 0 Å². The predicted octanol–water partition coefficient (Wildman–Crippen LogP) is 1.68. The van der Waals surface area contributed by atoms with Crippen molar-refractivity contribution in [3.8, 4) is 0 Å². The highest BCUT2D eigenvalue weighted by Gasteiger charge is 1.91. The number of unbranched alkanes of at least 4 members (excludes halogenated alkanes) is 2. The molecular formula is C9H22N2. The van der Waals surface area contributed by atoms with Crippen LogP contribution in [0.25, 0.3) is 0 Å². The molecule has 0 radical (unpaired) electrons. The van der Waals surface area contributed by atoms with Crippen molar-refractivity contribution in [3.63, 3.8) is 0 Å². The van der Waals surface area contributed by atoms with Crippen LogP contribution in [-0.2, 0) is 0 Å². The van der Waals surface area contributed by atoms with Gasteiger partial charge in [0, 0.05) is 6.67 Å². The van der Waals surface area contributed by atoms with Crippen molar-refractivity contribution in [1.82, 2.24) is 10.2 Å². The molecular weight excluding hydrogens is 136 g/mol. The highest BCUT2D eigenvalue weighted by Crippen LogP contribution is 1.90. The monoisotopic (exact) mass is 158 g/mol. The molecule has 0 aromatic carbocycles. The van der Waals surface area contributed by atoms with Crippen LogP contribution in [0.4, 0.5) is 0 Å². The first kappa shape index (κ1) is 10.9. The molecule has 1 N–H and O–H groups in total. The summed E-state index contributed by atoms with van der Waals surface area (Å²) >= 11 is 0. The molecule has 2 heteroatoms. The maximum atomic E-state index is 3.40. The van der Waals surface area contributed by atoms with Gasteiger partial charge in [-0.1, -0.05) is 26.7 Å². The summed E-state index contributed by atoms with van der Waals surface area (Å²) in [6.45, 7) is 7.73. The summed E-state index contributed by atoms with van der Waals surface area (Å²) in [4.78, 5) is 2.27. The highest BCUT2D eigenvalue weighted by molar-refractivity contribution is 4.47. The van der Waals surface area contributed by atoms with Crippen LogP contribution in [0.2, 0.25) is 0 Å². The Hall–Kier alpha value is -0.0800. The van der Waals surface area contributed by atoms with E-state index < -0.39 is 0 Å². The van der Waals surface area contributed by atoms with E-state index >= 15 is 0 Å². The van der Waals surface area contributed by atoms with E-state index in [1.165, 1.54) is 19.3 Å². The van der Waals surface area contributed by atoms with Crippen LogP contribution < -0.4 is 5.32 Å². The van der Waals surface area contributed by atoms with Crippen LogP contribution in [0.15, 0.2) is 0 Å². The Bertz CT molecular complexity index is 74.0. The van der Waals surface area contributed by atoms with Gasteiger partial charge in [-0.3, -0.25) is 4.90 Å². The molecule has 0 heterocycles. The molecule has 0 rings (SSSR count). The summed E-state index contributed by atoms with van der Waals surface area (Å²) in [5, 5.41) is 3.40. The molecule has 0 unspecified atom stereocenters. The molecule has 0 saturated carbocycles. The van der Waals surface area contributed by atoms with E-state index in [4.69, 9.17) is 0 Å². The first-order valence-electron chi connectivity index (χ1n) is 4.70. The maximum absolute atomic E-state index is 3.40. The van der Waals surface area contributed by atoms with Crippen molar-refractivity contribution in [1.29, 1.82) is 0 Å². The zero-order valence-electron chi connectivity index (χ0n) is 8.19. The van der Waals surface area contributed by atoms with E-state index in [-0.39, 0.29) is 0 Å². The Morgan fingerprint density at radius 2 is 1.91 bits per heavy atom. The van der Waals surface area contributed by atoms with Gasteiger partial charge in [-0.05, 0) is 26.6 Å². The van der Waals surface area contributed by atoms with Crippen LogP contribution in [-0.4, -0.2) is 31.7 Å². The van der Waals surface area contributed by atoms with Gasteiger partial charge in [0.05, 0.1) is 0 Å². The fraction of sp³-hybridized carbons (Fsp3) is 1.00. The van der Waals surface area contributed by atoms with Gasteiger partial charge in [-0.15, -0.1) is 0 Å². The van der Waals surface area contributed by atoms with E-state index in [0.717, 1.165) is 19.8 Å². The molecule has 0 fully saturated rings. The lowest BCUT2D eigenvalue weighted by Gasteiger charge is -2.14. The second kappa shape index (κ2) is 8.02. The van der Waals surface area contributed by atoms with Gasteiger partial charge in [0.2, 0.25) is 0 Å². The average molecular weight is 158 g/mol. The van der Waals surface area contributed by atoms with E-state index in [1.807, 2.05) is 0 Å². The smallest absolute Gasteiger partial charge is 0.0477 e. The minimum Gasteiger partial charge on any atom is -0.304 e. The summed E-state index contributed by atoms with van der Waals surface area (Å²) in [5.74, 6) is 0. The third kappa shape index (κ3) is 7.82. The van der Waals surface area contributed by atoms with Crippen molar-refractivity contribution in [2.24, 2.45) is 0 Å². The first-order valence-corrected chi connectivity index (χ1v) is 4.70. The van der Waals surface area contributed by atoms with Crippen LogP contribution in [0, 0.1) is 0 Å². The zero-order valence-corrected chi connectivity index (χ0v) is 8.19. The van der Waals surface area contributed by atoms with Crippen molar-refractivity contribution in [3.05, 3.63) is 0 Å². The summed E-state index contributed by atoms with van der Waals surface area (Å²) in [5.41, 5.74) is 0. The Morgan fingerprint density at radius 3 is 2.45 bits per heavy atom. The van der Waals surface area contributed by atoms with E-state index in [1.54, 1.807) is 0 Å². The van der Waals surface area contributed by atoms with Crippen molar-refractivity contribution in [2.45, 2.75) is 33.1 Å². The second-order valence-corrected chi connectivity index (χ2v) is 3.04. The summed E-state index contributed by atoms with van der Waals surface area (Å²) in [6, 6.07) is 0. The lowest BCUT2D eigenvalue weighted by Crippen LogP contribution is -2.31. The zero-order chi connectivity index (χ0) is 8.53. The summed E-state index contributed by atoms with van der Waals surface area (Å²) in [7, 11) is 2.13. The molecule has 0 spiro atoms. The maximum Gasteiger partial charge on any atom is 0.0477 e. The highest BCUT2D eigenvalue weighted by atomic mass is 15.2. The molecule has 0 aromatic rings. The molecule has 0 aliphatic carbocycles. The van der Waals surface area contributed by atoms with Crippen molar-refractivity contribution in [2.75, 3.05) is 26.8 Å². The third-order valence-electron chi connectivity index (χ3n) is 1.88. The van der Waals surface area contributed by atoms with Crippen LogP contribution in [0.1, 0.15) is 33.1 Å². The molecule has 0 aromatic heterocycles. The number of rotatable bonds is 7. The van der Waals surface area contributed by atoms with E-state index in [2.05, 4.69) is 31.1 Å². The van der Waals surface area contributed by atoms with E-state index in [0.29, 0.717) is 0 Å². The Morgan fingerprint density at radius 1 is 1.18 bits per heavy atom. The van der Waals surface area contributed by atoms with Gasteiger partial charge >= 0.3 is 0 Å². The molecule has 0 aliphatic heterocycles. The van der Waals surface area contributed by atoms with Crippen LogP contribution >= 0.6 is 0 Å². The van der Waals surface area contributed by atoms with E-state index in [9.17, 15) is 0 Å². The lowest BCUT2D eigenvalue weighted by atomic mass is 10.2. The Labute approximate surface area is 71.0 Å². The number of hydrogen-bond acceptors (Lipinski definition) is 2. The number of hydrogen-bond donors (Lipinski definition) is 1. The number of nitrogens with one attached hydrogen (secondary N) is 1. The fourth-order valence-corrected chi connectivity index (χ4v) is 0.882. The standard InChI is InChI=1S/C9H22N2/c1-4-6-7-8-10-9-11(3)5-2/h10H,4-9H2,1-3H3. The second-order valence-electron chi connectivity index (χ2n) is 3.04. The normalized spacial score (nSPS) is 10.9. The van der Waals surface area contributed by atoms with Gasteiger partial charge in [0.1, 0.15) is 0 Å². The first-order chi connectivity index (χ1) is 5.31. The van der Waals surface area contributed by atoms with Crippen molar-refractivity contribution >= 4 is 0 Å². The number of nitrogens with zero attached hydrogens (tertiary/aromatic N) is 1. The molecule has 0 saturated heterocycles. The average Bonchev–Trinajstić information content (AvgIpc) is 2.04. The third-order valence-corrected chi connectivity index (χ3v) is 1.88.